The number of aromatic nitrogens is 3. The van der Waals surface area contributed by atoms with Crippen molar-refractivity contribution in [1.29, 1.82) is 0 Å². The highest BCUT2D eigenvalue weighted by Crippen LogP contribution is 2.07. The van der Waals surface area contributed by atoms with Crippen LogP contribution in [-0.2, 0) is 19.6 Å². The van der Waals surface area contributed by atoms with Crippen LogP contribution in [0.1, 0.15) is 23.1 Å². The third-order valence-corrected chi connectivity index (χ3v) is 4.78. The molecule has 1 aromatic carbocycles. The number of pyridine rings is 1. The van der Waals surface area contributed by atoms with Gasteiger partial charge in [-0.1, -0.05) is 29.8 Å². The molecule has 1 N–H and O–H groups in total. The maximum absolute atomic E-state index is 5.69. The molecule has 0 aliphatic carbocycles. The first-order valence-electron chi connectivity index (χ1n) is 9.13. The summed E-state index contributed by atoms with van der Waals surface area (Å²) in [6.07, 6.45) is 10.3. The van der Waals surface area contributed by atoms with E-state index in [1.165, 1.54) is 16.7 Å². The molecule has 0 spiro atoms. The van der Waals surface area contributed by atoms with Crippen molar-refractivity contribution >= 4 is 17.3 Å². The monoisotopic (exact) mass is 379 g/mol. The number of hydrogen-bond acceptors (Lipinski definition) is 3. The lowest BCUT2D eigenvalue weighted by molar-refractivity contribution is 0.384. The average molecular weight is 380 g/mol. The highest BCUT2D eigenvalue weighted by molar-refractivity contribution is 7.80. The summed E-state index contributed by atoms with van der Waals surface area (Å²) in [4.78, 5) is 10.4. The molecule has 0 aliphatic rings. The average Bonchev–Trinajstić information content (AvgIpc) is 3.21. The summed E-state index contributed by atoms with van der Waals surface area (Å²) in [5.41, 5.74) is 3.69. The minimum absolute atomic E-state index is 0.730. The molecule has 0 atom stereocenters. The Morgan fingerprint density at radius 3 is 2.52 bits per heavy atom. The Labute approximate surface area is 166 Å². The van der Waals surface area contributed by atoms with E-state index in [1.54, 1.807) is 0 Å². The van der Waals surface area contributed by atoms with Crippen LogP contribution < -0.4 is 5.32 Å². The van der Waals surface area contributed by atoms with E-state index in [1.807, 2.05) is 43.2 Å². The molecule has 5 nitrogen and oxygen atoms in total. The largest absolute Gasteiger partial charge is 0.358 e. The zero-order valence-corrected chi connectivity index (χ0v) is 16.4. The van der Waals surface area contributed by atoms with Crippen LogP contribution in [-0.4, -0.2) is 31.1 Å². The van der Waals surface area contributed by atoms with Crippen LogP contribution in [0.25, 0.3) is 0 Å². The van der Waals surface area contributed by atoms with Crippen LogP contribution in [0.3, 0.4) is 0 Å². The van der Waals surface area contributed by atoms with Crippen molar-refractivity contribution < 1.29 is 0 Å². The van der Waals surface area contributed by atoms with Crippen LogP contribution in [0.15, 0.2) is 67.5 Å². The fourth-order valence-corrected chi connectivity index (χ4v) is 3.05. The van der Waals surface area contributed by atoms with E-state index >= 15 is 0 Å². The lowest BCUT2D eigenvalue weighted by Crippen LogP contribution is -2.39. The number of hydrogen-bond donors (Lipinski definition) is 1. The summed E-state index contributed by atoms with van der Waals surface area (Å²) in [5, 5.41) is 4.18. The first-order valence-corrected chi connectivity index (χ1v) is 9.54. The highest BCUT2D eigenvalue weighted by atomic mass is 32.1. The number of rotatable bonds is 8. The summed E-state index contributed by atoms with van der Waals surface area (Å²) in [7, 11) is 0. The van der Waals surface area contributed by atoms with Gasteiger partial charge in [-0.25, -0.2) is 4.98 Å². The van der Waals surface area contributed by atoms with E-state index in [4.69, 9.17) is 12.2 Å². The number of thiocarbonyl (C=S) groups is 1. The maximum Gasteiger partial charge on any atom is 0.169 e. The Balaban J connectivity index is 1.58. The topological polar surface area (TPSA) is 46.0 Å². The second-order valence-electron chi connectivity index (χ2n) is 6.58. The Bertz CT molecular complexity index is 816. The van der Waals surface area contributed by atoms with Gasteiger partial charge in [0.1, 0.15) is 0 Å². The van der Waals surface area contributed by atoms with Crippen molar-refractivity contribution in [3.63, 3.8) is 0 Å². The SMILES string of the molecule is Cc1ccc(CNC(=S)N(CCCn2ccnc2)Cc2ccncc2)cc1. The molecular formula is C21H25N5S. The van der Waals surface area contributed by atoms with E-state index in [2.05, 4.69) is 55.9 Å². The van der Waals surface area contributed by atoms with Crippen LogP contribution in [0.2, 0.25) is 0 Å². The molecule has 0 unspecified atom stereocenters. The number of nitrogens with one attached hydrogen (secondary N) is 1. The molecule has 0 saturated heterocycles. The summed E-state index contributed by atoms with van der Waals surface area (Å²) >= 11 is 5.69. The van der Waals surface area contributed by atoms with Crippen molar-refractivity contribution in [2.75, 3.05) is 6.54 Å². The van der Waals surface area contributed by atoms with Crippen molar-refractivity contribution in [2.24, 2.45) is 0 Å². The zero-order chi connectivity index (χ0) is 18.9. The lowest BCUT2D eigenvalue weighted by Gasteiger charge is -2.26. The molecule has 2 aromatic heterocycles. The molecule has 3 aromatic rings. The number of benzene rings is 1. The molecule has 0 bridgehead atoms. The fraction of sp³-hybridized carbons (Fsp3) is 0.286. The smallest absolute Gasteiger partial charge is 0.169 e. The van der Waals surface area contributed by atoms with Crippen LogP contribution in [0.5, 0.6) is 0 Å². The van der Waals surface area contributed by atoms with Gasteiger partial charge in [-0.2, -0.15) is 0 Å². The number of imidazole rings is 1. The summed E-state index contributed by atoms with van der Waals surface area (Å²) in [6.45, 7) is 5.39. The van der Waals surface area contributed by atoms with Gasteiger partial charge in [0.25, 0.3) is 0 Å². The number of nitrogens with zero attached hydrogens (tertiary/aromatic N) is 4. The molecule has 0 saturated carbocycles. The van der Waals surface area contributed by atoms with E-state index in [0.717, 1.165) is 37.7 Å². The lowest BCUT2D eigenvalue weighted by atomic mass is 10.1. The third kappa shape index (κ3) is 6.18. The minimum atomic E-state index is 0.730. The molecule has 0 radical (unpaired) electrons. The van der Waals surface area contributed by atoms with E-state index in [9.17, 15) is 0 Å². The summed E-state index contributed by atoms with van der Waals surface area (Å²) in [5.74, 6) is 0. The van der Waals surface area contributed by atoms with Gasteiger partial charge in [0.15, 0.2) is 5.11 Å². The Hall–Kier alpha value is -2.73. The van der Waals surface area contributed by atoms with Gasteiger partial charge in [-0.15, -0.1) is 0 Å². The van der Waals surface area contributed by atoms with Gasteiger partial charge in [-0.3, -0.25) is 4.98 Å². The Morgan fingerprint density at radius 2 is 1.81 bits per heavy atom. The minimum Gasteiger partial charge on any atom is -0.358 e. The number of aryl methyl sites for hydroxylation is 2. The molecule has 0 amide bonds. The van der Waals surface area contributed by atoms with Gasteiger partial charge in [-0.05, 0) is 48.8 Å². The first kappa shape index (κ1) is 19.0. The second-order valence-corrected chi connectivity index (χ2v) is 6.96. The third-order valence-electron chi connectivity index (χ3n) is 4.38. The van der Waals surface area contributed by atoms with Gasteiger partial charge < -0.3 is 14.8 Å². The van der Waals surface area contributed by atoms with E-state index < -0.39 is 0 Å². The van der Waals surface area contributed by atoms with Gasteiger partial charge >= 0.3 is 0 Å². The van der Waals surface area contributed by atoms with E-state index in [0.29, 0.717) is 0 Å². The summed E-state index contributed by atoms with van der Waals surface area (Å²) < 4.78 is 2.09. The normalized spacial score (nSPS) is 10.6. The Morgan fingerprint density at radius 1 is 1.04 bits per heavy atom. The molecule has 27 heavy (non-hydrogen) atoms. The van der Waals surface area contributed by atoms with Crippen molar-refractivity contribution in [3.05, 3.63) is 84.2 Å². The van der Waals surface area contributed by atoms with Gasteiger partial charge in [0, 0.05) is 51.0 Å². The van der Waals surface area contributed by atoms with E-state index in [-0.39, 0.29) is 0 Å². The van der Waals surface area contributed by atoms with Crippen LogP contribution in [0, 0.1) is 6.92 Å². The van der Waals surface area contributed by atoms with Gasteiger partial charge in [0.05, 0.1) is 6.33 Å². The zero-order valence-electron chi connectivity index (χ0n) is 15.6. The second kappa shape index (κ2) is 9.83. The highest BCUT2D eigenvalue weighted by Gasteiger charge is 2.10. The predicted molar refractivity (Wildman–Crippen MR) is 112 cm³/mol. The summed E-state index contributed by atoms with van der Waals surface area (Å²) in [6, 6.07) is 12.6. The first-order chi connectivity index (χ1) is 13.2. The quantitative estimate of drug-likeness (QED) is 0.607. The van der Waals surface area contributed by atoms with Crippen LogP contribution >= 0.6 is 12.2 Å². The molecule has 6 heteroatoms. The standard InChI is InChI=1S/C21H25N5S/c1-18-3-5-19(6-4-18)15-24-21(27)26(16-20-7-9-22-10-8-20)13-2-12-25-14-11-23-17-25/h3-11,14,17H,2,12-13,15-16H2,1H3,(H,24,27). The maximum atomic E-state index is 5.69. The molecule has 2 heterocycles. The molecule has 0 aliphatic heterocycles. The Kier molecular flexibility index (Phi) is 6.93. The van der Waals surface area contributed by atoms with Crippen molar-refractivity contribution in [2.45, 2.75) is 33.0 Å². The molecule has 3 rings (SSSR count). The molecule has 0 fully saturated rings. The molecule has 140 valence electrons. The van der Waals surface area contributed by atoms with Crippen LogP contribution in [0.4, 0.5) is 0 Å². The molecular weight excluding hydrogens is 354 g/mol. The van der Waals surface area contributed by atoms with Gasteiger partial charge in [0.2, 0.25) is 0 Å². The van der Waals surface area contributed by atoms with Crippen molar-refractivity contribution in [1.82, 2.24) is 24.8 Å². The predicted octanol–water partition coefficient (Wildman–Crippen LogP) is 3.55. The van der Waals surface area contributed by atoms with Crippen molar-refractivity contribution in [3.8, 4) is 0 Å². The fourth-order valence-electron chi connectivity index (χ4n) is 2.82.